The van der Waals surface area contributed by atoms with Crippen LogP contribution < -0.4 is 0 Å². The third-order valence-electron chi connectivity index (χ3n) is 4.71. The lowest BCUT2D eigenvalue weighted by Gasteiger charge is -2.43. The molecule has 0 aromatic heterocycles. The Bertz CT molecular complexity index is 379. The molecule has 102 valence electrons. The number of carbonyl (C=O) groups excluding carboxylic acids is 2. The summed E-state index contributed by atoms with van der Waals surface area (Å²) < 4.78 is 5.06. The Kier molecular flexibility index (Phi) is 3.75. The second-order valence-electron chi connectivity index (χ2n) is 5.90. The first-order valence-corrected chi connectivity index (χ1v) is 7.40. The average molecular weight is 366 g/mol. The average Bonchev–Trinajstić information content (AvgIpc) is 2.50. The summed E-state index contributed by atoms with van der Waals surface area (Å²) in [7, 11) is 0. The molecule has 2 fully saturated rings. The number of rotatable bonds is 1. The van der Waals surface area contributed by atoms with Gasteiger partial charge in [0.2, 0.25) is 0 Å². The van der Waals surface area contributed by atoms with Crippen LogP contribution in [0.1, 0.15) is 39.5 Å². The van der Waals surface area contributed by atoms with E-state index in [1.807, 2.05) is 0 Å². The molecule has 2 rings (SSSR count). The summed E-state index contributed by atoms with van der Waals surface area (Å²) in [4.78, 5) is 23.4. The van der Waals surface area contributed by atoms with Gasteiger partial charge in [-0.05, 0) is 24.2 Å². The molecule has 0 aromatic rings. The zero-order valence-corrected chi connectivity index (χ0v) is 12.9. The quantitative estimate of drug-likeness (QED) is 0.333. The van der Waals surface area contributed by atoms with Crippen LogP contribution in [0, 0.1) is 11.3 Å². The van der Waals surface area contributed by atoms with Gasteiger partial charge in [0.15, 0.2) is 0 Å². The number of halogens is 1. The zero-order valence-electron chi connectivity index (χ0n) is 10.7. The van der Waals surface area contributed by atoms with Crippen LogP contribution in [0.3, 0.4) is 0 Å². The maximum absolute atomic E-state index is 11.8. The molecule has 0 amide bonds. The van der Waals surface area contributed by atoms with Crippen LogP contribution >= 0.6 is 22.6 Å². The Morgan fingerprint density at radius 2 is 2.11 bits per heavy atom. The van der Waals surface area contributed by atoms with Gasteiger partial charge in [0, 0.05) is 6.42 Å². The zero-order chi connectivity index (χ0) is 13.6. The van der Waals surface area contributed by atoms with Crippen LogP contribution in [0.4, 0.5) is 0 Å². The normalized spacial score (nSPS) is 39.8. The number of aliphatic hydroxyl groups excluding tert-OH is 1. The Labute approximate surface area is 121 Å². The molecule has 5 heteroatoms. The summed E-state index contributed by atoms with van der Waals surface area (Å²) in [6.07, 6.45) is 1.60. The lowest BCUT2D eigenvalue weighted by atomic mass is 9.71. The second kappa shape index (κ2) is 4.74. The van der Waals surface area contributed by atoms with Crippen LogP contribution in [0.25, 0.3) is 0 Å². The molecule has 1 saturated carbocycles. The van der Waals surface area contributed by atoms with Crippen molar-refractivity contribution >= 4 is 34.3 Å². The lowest BCUT2D eigenvalue weighted by molar-refractivity contribution is -0.155. The minimum atomic E-state index is -0.517. The Morgan fingerprint density at radius 3 is 2.72 bits per heavy atom. The highest BCUT2D eigenvalue weighted by Crippen LogP contribution is 2.59. The van der Waals surface area contributed by atoms with Crippen molar-refractivity contribution in [3.05, 3.63) is 0 Å². The monoisotopic (exact) mass is 366 g/mol. The van der Waals surface area contributed by atoms with Gasteiger partial charge in [-0.1, -0.05) is 36.4 Å². The minimum absolute atomic E-state index is 0.0442. The smallest absolute Gasteiger partial charge is 0.313 e. The predicted molar refractivity (Wildman–Crippen MR) is 74.5 cm³/mol. The Balaban J connectivity index is 2.41. The van der Waals surface area contributed by atoms with E-state index >= 15 is 0 Å². The van der Waals surface area contributed by atoms with Crippen LogP contribution in [0.15, 0.2) is 0 Å². The van der Waals surface area contributed by atoms with E-state index in [1.165, 1.54) is 0 Å². The second-order valence-corrected chi connectivity index (χ2v) is 7.83. The number of hydrogen-bond acceptors (Lipinski definition) is 4. The van der Waals surface area contributed by atoms with E-state index in [-0.39, 0.29) is 33.6 Å². The number of fused-ring (bicyclic) bond motifs is 2. The molecule has 1 N–H and O–H groups in total. The summed E-state index contributed by atoms with van der Waals surface area (Å²) in [6.45, 7) is 4.05. The first-order chi connectivity index (χ1) is 8.31. The van der Waals surface area contributed by atoms with Crippen molar-refractivity contribution in [2.75, 3.05) is 6.61 Å². The summed E-state index contributed by atoms with van der Waals surface area (Å²) in [5.74, 6) is -0.277. The van der Waals surface area contributed by atoms with E-state index in [4.69, 9.17) is 4.74 Å². The van der Waals surface area contributed by atoms with Gasteiger partial charge in [-0.25, -0.2) is 0 Å². The number of hydrogen-bond donors (Lipinski definition) is 1. The highest BCUT2D eigenvalue weighted by Gasteiger charge is 2.58. The first-order valence-electron chi connectivity index (χ1n) is 6.32. The standard InChI is InChI=1S/C13H19IO4/c1-12(2)8-3-4-13(12,14)10(7-15)18-11(17)6-9(16)5-8/h8,10,15H,3-7H2,1-2H3/t8-,10-,13-/m1/s1. The number of esters is 1. The number of ether oxygens (including phenoxy) is 1. The number of aliphatic hydroxyl groups is 1. The van der Waals surface area contributed by atoms with Crippen molar-refractivity contribution in [2.45, 2.75) is 49.1 Å². The van der Waals surface area contributed by atoms with Crippen molar-refractivity contribution in [3.8, 4) is 0 Å². The van der Waals surface area contributed by atoms with Crippen molar-refractivity contribution in [3.63, 3.8) is 0 Å². The number of ketones is 1. The molecule has 2 aliphatic rings. The molecular formula is C13H19IO4. The maximum atomic E-state index is 11.8. The van der Waals surface area contributed by atoms with E-state index < -0.39 is 12.1 Å². The van der Waals surface area contributed by atoms with Crippen LogP contribution in [-0.4, -0.2) is 33.0 Å². The number of carbonyl (C=O) groups is 2. The minimum Gasteiger partial charge on any atom is -0.458 e. The molecular weight excluding hydrogens is 347 g/mol. The van der Waals surface area contributed by atoms with E-state index in [0.29, 0.717) is 6.42 Å². The van der Waals surface area contributed by atoms with Crippen molar-refractivity contribution in [1.29, 1.82) is 0 Å². The summed E-state index contributed by atoms with van der Waals surface area (Å²) in [5.41, 5.74) is -0.124. The highest BCUT2D eigenvalue weighted by atomic mass is 127. The summed E-state index contributed by atoms with van der Waals surface area (Å²) >= 11 is 2.33. The molecule has 0 spiro atoms. The predicted octanol–water partition coefficient (Wildman–Crippen LogP) is 1.86. The van der Waals surface area contributed by atoms with Gasteiger partial charge < -0.3 is 9.84 Å². The van der Waals surface area contributed by atoms with E-state index in [9.17, 15) is 14.7 Å². The van der Waals surface area contributed by atoms with Gasteiger partial charge in [0.1, 0.15) is 18.3 Å². The summed E-state index contributed by atoms with van der Waals surface area (Å²) in [6, 6.07) is 0. The van der Waals surface area contributed by atoms with Crippen LogP contribution in [0.2, 0.25) is 0 Å². The molecule has 1 aliphatic carbocycles. The van der Waals surface area contributed by atoms with Gasteiger partial charge in [0.05, 0.1) is 10.0 Å². The molecule has 0 aromatic carbocycles. The topological polar surface area (TPSA) is 63.6 Å². The van der Waals surface area contributed by atoms with Gasteiger partial charge in [-0.15, -0.1) is 0 Å². The molecule has 0 radical (unpaired) electrons. The summed E-state index contributed by atoms with van der Waals surface area (Å²) in [5, 5.41) is 9.53. The van der Waals surface area contributed by atoms with E-state index in [0.717, 1.165) is 12.8 Å². The molecule has 0 unspecified atom stereocenters. The third kappa shape index (κ3) is 2.09. The molecule has 1 saturated heterocycles. The fourth-order valence-corrected chi connectivity index (χ4v) is 4.40. The number of cyclic esters (lactones) is 1. The van der Waals surface area contributed by atoms with Gasteiger partial charge in [-0.2, -0.15) is 0 Å². The van der Waals surface area contributed by atoms with E-state index in [2.05, 4.69) is 36.4 Å². The van der Waals surface area contributed by atoms with Crippen LogP contribution in [0.5, 0.6) is 0 Å². The van der Waals surface area contributed by atoms with Gasteiger partial charge in [-0.3, -0.25) is 9.59 Å². The Morgan fingerprint density at radius 1 is 1.44 bits per heavy atom. The molecule has 2 bridgehead atoms. The van der Waals surface area contributed by atoms with Gasteiger partial charge >= 0.3 is 5.97 Å². The Hall–Kier alpha value is -0.170. The number of Topliss-reactive ketones (excluding diaryl/α,β-unsaturated/α-hetero) is 1. The molecule has 1 heterocycles. The van der Waals surface area contributed by atoms with Gasteiger partial charge in [0.25, 0.3) is 0 Å². The van der Waals surface area contributed by atoms with E-state index in [1.54, 1.807) is 0 Å². The molecule has 18 heavy (non-hydrogen) atoms. The SMILES string of the molecule is CC1(C)[C@@H]2CC[C@@]1(I)[C@@H](CO)OC(=O)CC(=O)C2. The van der Waals surface area contributed by atoms with Crippen molar-refractivity contribution in [2.24, 2.45) is 11.3 Å². The molecule has 4 nitrogen and oxygen atoms in total. The fourth-order valence-electron chi connectivity index (χ4n) is 3.32. The largest absolute Gasteiger partial charge is 0.458 e. The van der Waals surface area contributed by atoms with Crippen molar-refractivity contribution in [1.82, 2.24) is 0 Å². The van der Waals surface area contributed by atoms with Crippen molar-refractivity contribution < 1.29 is 19.4 Å². The highest BCUT2D eigenvalue weighted by molar-refractivity contribution is 14.1. The third-order valence-corrected chi connectivity index (χ3v) is 7.34. The fraction of sp³-hybridized carbons (Fsp3) is 0.846. The number of alkyl halides is 1. The maximum Gasteiger partial charge on any atom is 0.313 e. The molecule has 3 atom stereocenters. The van der Waals surface area contributed by atoms with Crippen LogP contribution in [-0.2, 0) is 14.3 Å². The molecule has 1 aliphatic heterocycles. The first kappa shape index (κ1) is 14.2. The lowest BCUT2D eigenvalue weighted by Crippen LogP contribution is -2.50.